The molecular weight excluding hydrogens is 180 g/mol. The summed E-state index contributed by atoms with van der Waals surface area (Å²) in [5.74, 6) is 0. The second-order valence-corrected chi connectivity index (χ2v) is 3.09. The molecule has 3 heteroatoms. The van der Waals surface area contributed by atoms with Gasteiger partial charge in [0.05, 0.1) is 7.11 Å². The van der Waals surface area contributed by atoms with Crippen LogP contribution in [0.1, 0.15) is 26.2 Å². The molecule has 0 spiro atoms. The van der Waals surface area contributed by atoms with Gasteiger partial charge in [-0.05, 0) is 26.2 Å². The molecule has 0 saturated heterocycles. The summed E-state index contributed by atoms with van der Waals surface area (Å²) < 4.78 is 8.96. The Kier molecular flexibility index (Phi) is 7.61. The second-order valence-electron chi connectivity index (χ2n) is 3.09. The van der Waals surface area contributed by atoms with Crippen LogP contribution in [0.15, 0.2) is 24.3 Å². The van der Waals surface area contributed by atoms with E-state index in [1.54, 1.807) is 0 Å². The van der Waals surface area contributed by atoms with Crippen LogP contribution in [0.3, 0.4) is 0 Å². The minimum Gasteiger partial charge on any atom is -0.438 e. The third-order valence-corrected chi connectivity index (χ3v) is 1.61. The normalized spacial score (nSPS) is 10.1. The van der Waals surface area contributed by atoms with Crippen LogP contribution >= 0.6 is 0 Å². The van der Waals surface area contributed by atoms with Crippen LogP contribution in [0.5, 0.6) is 0 Å². The topological polar surface area (TPSA) is 35.5 Å². The van der Waals surface area contributed by atoms with Crippen molar-refractivity contribution in [3.8, 4) is 0 Å². The molecule has 0 bridgehead atoms. The lowest BCUT2D eigenvalue weighted by Gasteiger charge is -1.98. The van der Waals surface area contributed by atoms with Gasteiger partial charge in [0.2, 0.25) is 0 Å². The van der Waals surface area contributed by atoms with Crippen molar-refractivity contribution in [3.05, 3.63) is 24.3 Å². The summed E-state index contributed by atoms with van der Waals surface area (Å²) in [6, 6.07) is 0. The Balaban J connectivity index is 3.28. The van der Waals surface area contributed by atoms with Gasteiger partial charge in [-0.1, -0.05) is 17.7 Å². The summed E-state index contributed by atoms with van der Waals surface area (Å²) in [4.78, 5) is 10.5. The largest absolute Gasteiger partial charge is 0.508 e. The van der Waals surface area contributed by atoms with Gasteiger partial charge in [0.15, 0.2) is 0 Å². The lowest BCUT2D eigenvalue weighted by molar-refractivity contribution is 0.0817. The Hall–Kier alpha value is -1.25. The van der Waals surface area contributed by atoms with E-state index < -0.39 is 6.16 Å². The molecule has 0 aromatic heterocycles. The molecule has 0 unspecified atom stereocenters. The SMILES string of the molecule is C=C(C)CCC/C=C/COC(=O)OC. The van der Waals surface area contributed by atoms with Crippen LogP contribution in [-0.4, -0.2) is 19.9 Å². The molecule has 3 nitrogen and oxygen atoms in total. The molecule has 0 aliphatic heterocycles. The zero-order valence-electron chi connectivity index (χ0n) is 8.91. The molecule has 0 aliphatic carbocycles. The summed E-state index contributed by atoms with van der Waals surface area (Å²) in [5, 5.41) is 0. The van der Waals surface area contributed by atoms with Crippen molar-refractivity contribution in [2.75, 3.05) is 13.7 Å². The van der Waals surface area contributed by atoms with E-state index in [0.717, 1.165) is 19.3 Å². The van der Waals surface area contributed by atoms with Gasteiger partial charge in [-0.2, -0.15) is 0 Å². The fraction of sp³-hybridized carbons (Fsp3) is 0.545. The number of methoxy groups -OCH3 is 1. The predicted octanol–water partition coefficient (Wildman–Crippen LogP) is 3.07. The fourth-order valence-corrected chi connectivity index (χ4v) is 0.883. The molecule has 0 aliphatic rings. The fourth-order valence-electron chi connectivity index (χ4n) is 0.883. The first-order valence-corrected chi connectivity index (χ1v) is 4.67. The van der Waals surface area contributed by atoms with Gasteiger partial charge in [0.25, 0.3) is 0 Å². The molecule has 0 heterocycles. The first kappa shape index (κ1) is 12.8. The zero-order valence-corrected chi connectivity index (χ0v) is 8.91. The van der Waals surface area contributed by atoms with E-state index in [-0.39, 0.29) is 6.61 Å². The summed E-state index contributed by atoms with van der Waals surface area (Å²) in [6.07, 6.45) is 6.28. The Morgan fingerprint density at radius 1 is 1.43 bits per heavy atom. The van der Waals surface area contributed by atoms with Crippen LogP contribution in [-0.2, 0) is 9.47 Å². The molecule has 0 atom stereocenters. The molecular formula is C11H18O3. The summed E-state index contributed by atoms with van der Waals surface area (Å²) in [5.41, 5.74) is 1.20. The monoisotopic (exact) mass is 198 g/mol. The first-order chi connectivity index (χ1) is 6.66. The molecule has 0 aromatic rings. The van der Waals surface area contributed by atoms with E-state index >= 15 is 0 Å². The molecule has 14 heavy (non-hydrogen) atoms. The average molecular weight is 198 g/mol. The van der Waals surface area contributed by atoms with Crippen molar-refractivity contribution in [2.24, 2.45) is 0 Å². The zero-order chi connectivity index (χ0) is 10.8. The third-order valence-electron chi connectivity index (χ3n) is 1.61. The molecule has 0 radical (unpaired) electrons. The highest BCUT2D eigenvalue weighted by Crippen LogP contribution is 2.03. The van der Waals surface area contributed by atoms with Crippen molar-refractivity contribution in [3.63, 3.8) is 0 Å². The third kappa shape index (κ3) is 8.84. The lowest BCUT2D eigenvalue weighted by atomic mass is 10.1. The van der Waals surface area contributed by atoms with Crippen LogP contribution < -0.4 is 0 Å². The Morgan fingerprint density at radius 3 is 2.71 bits per heavy atom. The van der Waals surface area contributed by atoms with Crippen molar-refractivity contribution >= 4 is 6.16 Å². The van der Waals surface area contributed by atoms with Crippen LogP contribution in [0.25, 0.3) is 0 Å². The Bertz CT molecular complexity index is 207. The molecule has 0 saturated carbocycles. The van der Waals surface area contributed by atoms with Gasteiger partial charge in [-0.25, -0.2) is 4.79 Å². The minimum absolute atomic E-state index is 0.278. The van der Waals surface area contributed by atoms with Crippen LogP contribution in [0, 0.1) is 0 Å². The second kappa shape index (κ2) is 8.35. The molecule has 0 amide bonds. The maximum absolute atomic E-state index is 10.5. The van der Waals surface area contributed by atoms with Crippen molar-refractivity contribution in [1.29, 1.82) is 0 Å². The number of rotatable bonds is 6. The number of allylic oxidation sites excluding steroid dienone is 2. The number of ether oxygens (including phenoxy) is 2. The molecule has 0 rings (SSSR count). The Morgan fingerprint density at radius 2 is 2.14 bits per heavy atom. The number of hydrogen-bond donors (Lipinski definition) is 0. The molecule has 80 valence electrons. The first-order valence-electron chi connectivity index (χ1n) is 4.67. The van der Waals surface area contributed by atoms with Crippen molar-refractivity contribution in [1.82, 2.24) is 0 Å². The van der Waals surface area contributed by atoms with Crippen molar-refractivity contribution < 1.29 is 14.3 Å². The van der Waals surface area contributed by atoms with Gasteiger partial charge < -0.3 is 9.47 Å². The van der Waals surface area contributed by atoms with Gasteiger partial charge in [0.1, 0.15) is 6.61 Å². The quantitative estimate of drug-likeness (QED) is 0.374. The van der Waals surface area contributed by atoms with E-state index in [2.05, 4.69) is 16.1 Å². The lowest BCUT2D eigenvalue weighted by Crippen LogP contribution is -2.03. The van der Waals surface area contributed by atoms with Crippen LogP contribution in [0.4, 0.5) is 4.79 Å². The van der Waals surface area contributed by atoms with E-state index in [0.29, 0.717) is 0 Å². The molecule has 0 fully saturated rings. The standard InChI is InChI=1S/C11H18O3/c1-10(2)8-6-4-5-7-9-14-11(12)13-3/h5,7H,1,4,6,8-9H2,2-3H3/b7-5+. The highest BCUT2D eigenvalue weighted by atomic mass is 16.7. The average Bonchev–Trinajstić information content (AvgIpc) is 2.15. The van der Waals surface area contributed by atoms with E-state index in [4.69, 9.17) is 0 Å². The minimum atomic E-state index is -0.642. The maximum Gasteiger partial charge on any atom is 0.508 e. The number of carbonyl (C=O) groups excluding carboxylic acids is 1. The van der Waals surface area contributed by atoms with E-state index in [1.165, 1.54) is 12.7 Å². The van der Waals surface area contributed by atoms with Gasteiger partial charge >= 0.3 is 6.16 Å². The molecule has 0 N–H and O–H groups in total. The Labute approximate surface area is 85.4 Å². The highest BCUT2D eigenvalue weighted by Gasteiger charge is 1.95. The summed E-state index contributed by atoms with van der Waals surface area (Å²) in [6.45, 7) is 6.11. The van der Waals surface area contributed by atoms with Crippen molar-refractivity contribution in [2.45, 2.75) is 26.2 Å². The number of carbonyl (C=O) groups is 1. The molecule has 0 aromatic carbocycles. The van der Waals surface area contributed by atoms with Gasteiger partial charge in [0, 0.05) is 0 Å². The highest BCUT2D eigenvalue weighted by molar-refractivity contribution is 5.59. The maximum atomic E-state index is 10.5. The predicted molar refractivity (Wildman–Crippen MR) is 56.2 cm³/mol. The number of hydrogen-bond acceptors (Lipinski definition) is 3. The van der Waals surface area contributed by atoms with E-state index in [1.807, 2.05) is 19.1 Å². The summed E-state index contributed by atoms with van der Waals surface area (Å²) >= 11 is 0. The van der Waals surface area contributed by atoms with E-state index in [9.17, 15) is 4.79 Å². The smallest absolute Gasteiger partial charge is 0.438 e. The summed E-state index contributed by atoms with van der Waals surface area (Å²) in [7, 11) is 1.29. The van der Waals surface area contributed by atoms with Gasteiger partial charge in [-0.3, -0.25) is 0 Å². The van der Waals surface area contributed by atoms with Gasteiger partial charge in [-0.15, -0.1) is 6.58 Å². The van der Waals surface area contributed by atoms with Crippen LogP contribution in [0.2, 0.25) is 0 Å². The number of unbranched alkanes of at least 4 members (excludes halogenated alkanes) is 1.